The summed E-state index contributed by atoms with van der Waals surface area (Å²) >= 11 is 8.19. The lowest BCUT2D eigenvalue weighted by molar-refractivity contribution is 0.301. The second kappa shape index (κ2) is 17.1. The fourth-order valence-electron chi connectivity index (χ4n) is 5.30. The Bertz CT molecular complexity index is 1500. The van der Waals surface area contributed by atoms with Gasteiger partial charge in [-0.25, -0.2) is 0 Å². The minimum atomic E-state index is -0.0453. The Morgan fingerprint density at radius 2 is 1.37 bits per heavy atom. The summed E-state index contributed by atoms with van der Waals surface area (Å²) in [4.78, 5) is 15.2. The van der Waals surface area contributed by atoms with E-state index in [1.807, 2.05) is 49.5 Å². The van der Waals surface area contributed by atoms with E-state index in [2.05, 4.69) is 67.4 Å². The van der Waals surface area contributed by atoms with Crippen LogP contribution in [0.5, 0.6) is 5.75 Å². The van der Waals surface area contributed by atoms with E-state index in [1.165, 1.54) is 45.6 Å². The van der Waals surface area contributed by atoms with Gasteiger partial charge in [-0.2, -0.15) is 47.0 Å². The van der Waals surface area contributed by atoms with Crippen molar-refractivity contribution in [3.05, 3.63) is 74.9 Å². The lowest BCUT2D eigenvalue weighted by Crippen LogP contribution is -2.28. The second-order valence-electron chi connectivity index (χ2n) is 10.7. The van der Waals surface area contributed by atoms with Crippen molar-refractivity contribution >= 4 is 58.0 Å². The lowest BCUT2D eigenvalue weighted by atomic mass is 9.88. The normalized spacial score (nSPS) is 11.8. The van der Waals surface area contributed by atoms with Gasteiger partial charge >= 0.3 is 0 Å². The van der Waals surface area contributed by atoms with Crippen LogP contribution in [-0.4, -0.2) is 69.1 Å². The third-order valence-corrected chi connectivity index (χ3v) is 11.9. The molecule has 4 rings (SSSR count). The summed E-state index contributed by atoms with van der Waals surface area (Å²) < 4.78 is 6.31. The molecule has 4 nitrogen and oxygen atoms in total. The van der Waals surface area contributed by atoms with Crippen molar-refractivity contribution in [2.75, 3.05) is 59.1 Å². The third kappa shape index (κ3) is 8.94. The zero-order chi connectivity index (χ0) is 30.8. The first kappa shape index (κ1) is 34.2. The monoisotopic (exact) mass is 655 g/mol. The summed E-state index contributed by atoms with van der Waals surface area (Å²) in [6, 6.07) is 14.0. The standard InChI is InChI=1S/C35H45NO3S4/c1-6-40-18-20-42-16-14-36(15-17-43-21-19-41-7-2)23-27-8-9-28(24(3)22-27)33-29-10-12-31(37)25(4)34(29)39-35-26(5)32(38)13-11-30(33)35/h8-13,22,37H,6-7,14-21,23H2,1-5H3. The number of aromatic hydroxyl groups is 1. The maximum absolute atomic E-state index is 12.5. The Balaban J connectivity index is 1.60. The van der Waals surface area contributed by atoms with E-state index in [4.69, 9.17) is 4.42 Å². The molecular weight excluding hydrogens is 611 g/mol. The average Bonchev–Trinajstić information content (AvgIpc) is 3.00. The number of aryl methyl sites for hydroxylation is 2. The van der Waals surface area contributed by atoms with Crippen molar-refractivity contribution in [2.24, 2.45) is 0 Å². The van der Waals surface area contributed by atoms with Crippen LogP contribution in [0, 0.1) is 20.8 Å². The van der Waals surface area contributed by atoms with Gasteiger partial charge in [0.15, 0.2) is 5.43 Å². The highest BCUT2D eigenvalue weighted by Gasteiger charge is 2.22. The fraction of sp³-hybridized carbons (Fsp3) is 0.457. The molecule has 0 bridgehead atoms. The molecule has 1 N–H and O–H groups in total. The molecule has 43 heavy (non-hydrogen) atoms. The number of rotatable bonds is 17. The molecule has 0 saturated heterocycles. The summed E-state index contributed by atoms with van der Waals surface area (Å²) in [7, 11) is 0. The van der Waals surface area contributed by atoms with Gasteiger partial charge in [0.2, 0.25) is 0 Å². The van der Waals surface area contributed by atoms with Crippen LogP contribution >= 0.6 is 47.0 Å². The molecule has 0 unspecified atom stereocenters. The maximum atomic E-state index is 12.5. The summed E-state index contributed by atoms with van der Waals surface area (Å²) in [6.45, 7) is 13.4. The number of fused-ring (bicyclic) bond motifs is 2. The molecule has 0 fully saturated rings. The van der Waals surface area contributed by atoms with Gasteiger partial charge in [0, 0.05) is 81.8 Å². The molecule has 0 spiro atoms. The number of phenols is 1. The van der Waals surface area contributed by atoms with Crippen molar-refractivity contribution in [3.8, 4) is 28.2 Å². The molecule has 2 aliphatic rings. The first-order chi connectivity index (χ1) is 20.8. The summed E-state index contributed by atoms with van der Waals surface area (Å²) in [5, 5.41) is 11.4. The first-order valence-corrected chi connectivity index (χ1v) is 19.8. The average molecular weight is 656 g/mol. The third-order valence-electron chi connectivity index (χ3n) is 7.70. The summed E-state index contributed by atoms with van der Waals surface area (Å²) in [5.74, 6) is 10.4. The highest BCUT2D eigenvalue weighted by Crippen LogP contribution is 2.44. The number of thioether (sulfide) groups is 4. The number of phenolic OH excluding ortho intramolecular Hbond substituents is 1. The van der Waals surface area contributed by atoms with Gasteiger partial charge in [0.05, 0.1) is 0 Å². The van der Waals surface area contributed by atoms with Gasteiger partial charge in [-0.3, -0.25) is 9.69 Å². The molecule has 2 aromatic carbocycles. The van der Waals surface area contributed by atoms with E-state index in [9.17, 15) is 9.90 Å². The molecule has 0 radical (unpaired) electrons. The van der Waals surface area contributed by atoms with E-state index in [0.717, 1.165) is 53.2 Å². The number of benzene rings is 3. The van der Waals surface area contributed by atoms with Gasteiger partial charge in [-0.1, -0.05) is 32.0 Å². The molecular formula is C35H45NO3S4. The van der Waals surface area contributed by atoms with Crippen molar-refractivity contribution in [1.29, 1.82) is 0 Å². The van der Waals surface area contributed by atoms with Gasteiger partial charge in [0.25, 0.3) is 0 Å². The Kier molecular flexibility index (Phi) is 13.6. The molecule has 8 heteroatoms. The fourth-order valence-corrected chi connectivity index (χ4v) is 8.94. The largest absolute Gasteiger partial charge is 0.508 e. The molecule has 1 aliphatic heterocycles. The summed E-state index contributed by atoms with van der Waals surface area (Å²) in [5.41, 5.74) is 7.45. The van der Waals surface area contributed by atoms with Crippen LogP contribution in [0.2, 0.25) is 0 Å². The van der Waals surface area contributed by atoms with Crippen LogP contribution in [0.1, 0.15) is 36.1 Å². The minimum absolute atomic E-state index is 0.0453. The summed E-state index contributed by atoms with van der Waals surface area (Å²) in [6.07, 6.45) is 0. The van der Waals surface area contributed by atoms with Gasteiger partial charge in [-0.05, 0) is 73.2 Å². The van der Waals surface area contributed by atoms with Crippen molar-refractivity contribution in [3.63, 3.8) is 0 Å². The smallest absolute Gasteiger partial charge is 0.185 e. The van der Waals surface area contributed by atoms with E-state index >= 15 is 0 Å². The van der Waals surface area contributed by atoms with Crippen molar-refractivity contribution in [2.45, 2.75) is 41.2 Å². The van der Waals surface area contributed by atoms with Gasteiger partial charge in [0.1, 0.15) is 17.1 Å². The zero-order valence-corrected chi connectivity index (χ0v) is 29.4. The Morgan fingerprint density at radius 1 is 0.744 bits per heavy atom. The van der Waals surface area contributed by atoms with Crippen LogP contribution in [0.15, 0.2) is 51.7 Å². The second-order valence-corrected chi connectivity index (χ2v) is 15.9. The first-order valence-electron chi connectivity index (χ1n) is 15.2. The SMILES string of the molecule is CCSCCSCCN(CCSCCSCC)Cc1ccc(-c2c3ccc(=O)c(C)c-3oc3c(C)c(O)ccc23)c(C)c1. The maximum Gasteiger partial charge on any atom is 0.185 e. The minimum Gasteiger partial charge on any atom is -0.508 e. The Hall–Kier alpha value is -1.71. The zero-order valence-electron chi connectivity index (χ0n) is 26.2. The van der Waals surface area contributed by atoms with Crippen LogP contribution in [0.25, 0.3) is 33.4 Å². The van der Waals surface area contributed by atoms with Crippen LogP contribution in [0.3, 0.4) is 0 Å². The van der Waals surface area contributed by atoms with Crippen LogP contribution in [-0.2, 0) is 6.54 Å². The number of hydrogen-bond donors (Lipinski definition) is 1. The number of hydrogen-bond acceptors (Lipinski definition) is 8. The predicted molar refractivity (Wildman–Crippen MR) is 196 cm³/mol. The molecule has 0 aromatic heterocycles. The number of nitrogens with zero attached hydrogens (tertiary/aromatic N) is 1. The van der Waals surface area contributed by atoms with Crippen molar-refractivity contribution < 1.29 is 9.52 Å². The Labute approximate surface area is 274 Å². The Morgan fingerprint density at radius 3 is 2.00 bits per heavy atom. The van der Waals surface area contributed by atoms with Crippen LogP contribution in [0.4, 0.5) is 0 Å². The highest BCUT2D eigenvalue weighted by atomic mass is 32.2. The highest BCUT2D eigenvalue weighted by molar-refractivity contribution is 8.03. The van der Waals surface area contributed by atoms with E-state index in [0.29, 0.717) is 22.5 Å². The molecule has 2 aromatic rings. The lowest BCUT2D eigenvalue weighted by Gasteiger charge is -2.23. The van der Waals surface area contributed by atoms with E-state index in [-0.39, 0.29) is 11.2 Å². The van der Waals surface area contributed by atoms with Crippen LogP contribution < -0.4 is 5.43 Å². The molecule has 0 amide bonds. The van der Waals surface area contributed by atoms with E-state index < -0.39 is 0 Å². The molecule has 232 valence electrons. The van der Waals surface area contributed by atoms with Gasteiger partial charge < -0.3 is 9.52 Å². The van der Waals surface area contributed by atoms with Crippen molar-refractivity contribution in [1.82, 2.24) is 4.90 Å². The predicted octanol–water partition coefficient (Wildman–Crippen LogP) is 8.97. The topological polar surface area (TPSA) is 53.7 Å². The molecule has 1 aliphatic carbocycles. The molecule has 0 atom stereocenters. The quantitative estimate of drug-likeness (QED) is 0.0894. The van der Waals surface area contributed by atoms with E-state index in [1.54, 1.807) is 12.1 Å². The molecule has 1 heterocycles. The molecule has 0 saturated carbocycles. The van der Waals surface area contributed by atoms with Gasteiger partial charge in [-0.15, -0.1) is 0 Å².